The molecule has 3 aromatic rings. The summed E-state index contributed by atoms with van der Waals surface area (Å²) in [5, 5.41) is 16.4. The van der Waals surface area contributed by atoms with Crippen molar-refractivity contribution in [2.75, 3.05) is 5.32 Å². The van der Waals surface area contributed by atoms with E-state index in [-0.39, 0.29) is 10.8 Å². The largest absolute Gasteiger partial charge is 0.477 e. The van der Waals surface area contributed by atoms with Crippen LogP contribution in [0.2, 0.25) is 0 Å². The molecule has 106 valence electrons. The van der Waals surface area contributed by atoms with E-state index in [0.717, 1.165) is 21.2 Å². The Labute approximate surface area is 131 Å². The molecule has 0 atom stereocenters. The third kappa shape index (κ3) is 3.02. The molecule has 0 radical (unpaired) electrons. The molecule has 0 aliphatic carbocycles. The molecule has 0 bridgehead atoms. The molecule has 5 nitrogen and oxygen atoms in total. The number of aromatic carboxylic acids is 1. The van der Waals surface area contributed by atoms with Gasteiger partial charge in [0, 0.05) is 5.38 Å². The zero-order valence-electron chi connectivity index (χ0n) is 10.4. The molecule has 3 aromatic heterocycles. The minimum absolute atomic E-state index is 0.183. The van der Waals surface area contributed by atoms with Gasteiger partial charge in [-0.1, -0.05) is 6.07 Å². The van der Waals surface area contributed by atoms with Gasteiger partial charge in [0.25, 0.3) is 5.91 Å². The second kappa shape index (κ2) is 5.76. The zero-order valence-corrected chi connectivity index (χ0v) is 12.8. The first kappa shape index (κ1) is 13.9. The van der Waals surface area contributed by atoms with Gasteiger partial charge in [-0.05, 0) is 23.6 Å². The molecule has 3 heterocycles. The Morgan fingerprint density at radius 3 is 2.71 bits per heavy atom. The summed E-state index contributed by atoms with van der Waals surface area (Å²) in [5.41, 5.74) is 0.327. The van der Waals surface area contributed by atoms with Gasteiger partial charge in [-0.3, -0.25) is 4.79 Å². The maximum Gasteiger partial charge on any atom is 0.345 e. The quantitative estimate of drug-likeness (QED) is 0.757. The van der Waals surface area contributed by atoms with Crippen LogP contribution in [0.3, 0.4) is 0 Å². The number of carbonyl (C=O) groups is 2. The monoisotopic (exact) mass is 336 g/mol. The van der Waals surface area contributed by atoms with E-state index < -0.39 is 5.97 Å². The van der Waals surface area contributed by atoms with Gasteiger partial charge in [0.15, 0.2) is 0 Å². The third-order valence-electron chi connectivity index (χ3n) is 2.52. The maximum atomic E-state index is 12.1. The lowest BCUT2D eigenvalue weighted by Gasteiger charge is -1.98. The highest BCUT2D eigenvalue weighted by Crippen LogP contribution is 2.28. The molecular weight excluding hydrogens is 328 g/mol. The summed E-state index contributed by atoms with van der Waals surface area (Å²) in [4.78, 5) is 28.4. The molecule has 0 fully saturated rings. The lowest BCUT2D eigenvalue weighted by molar-refractivity contribution is 0.0702. The predicted molar refractivity (Wildman–Crippen MR) is 84.7 cm³/mol. The Balaban J connectivity index is 1.74. The lowest BCUT2D eigenvalue weighted by atomic mass is 10.4. The van der Waals surface area contributed by atoms with Gasteiger partial charge >= 0.3 is 5.97 Å². The van der Waals surface area contributed by atoms with Crippen molar-refractivity contribution in [3.63, 3.8) is 0 Å². The van der Waals surface area contributed by atoms with Crippen LogP contribution in [0.1, 0.15) is 20.2 Å². The number of rotatable bonds is 4. The topological polar surface area (TPSA) is 79.3 Å². The maximum absolute atomic E-state index is 12.1. The van der Waals surface area contributed by atoms with E-state index in [2.05, 4.69) is 10.3 Å². The summed E-state index contributed by atoms with van der Waals surface area (Å²) < 4.78 is 0. The van der Waals surface area contributed by atoms with Crippen LogP contribution < -0.4 is 5.32 Å². The van der Waals surface area contributed by atoms with Gasteiger partial charge in [0.1, 0.15) is 15.6 Å². The number of hydrogen-bond donors (Lipinski definition) is 2. The number of carboxylic acids is 1. The first-order valence-corrected chi connectivity index (χ1v) is 8.35. The molecule has 3 rings (SSSR count). The summed E-state index contributed by atoms with van der Waals surface area (Å²) in [6.45, 7) is 0. The standard InChI is InChI=1S/C13H8N2O3S3/c16-11(15-10-4-3-9(21-10)13(17)18)7-6-20-12(14-7)8-2-1-5-19-8/h1-6H,(H,15,16)(H,17,18). The Kier molecular flexibility index (Phi) is 3.82. The molecule has 0 aromatic carbocycles. The molecule has 21 heavy (non-hydrogen) atoms. The number of nitrogens with one attached hydrogen (secondary N) is 1. The first-order chi connectivity index (χ1) is 10.1. The van der Waals surface area contributed by atoms with Gasteiger partial charge in [0.2, 0.25) is 0 Å². The number of amides is 1. The molecule has 0 saturated carbocycles. The van der Waals surface area contributed by atoms with Gasteiger partial charge in [0.05, 0.1) is 9.88 Å². The van der Waals surface area contributed by atoms with E-state index in [0.29, 0.717) is 10.7 Å². The molecular formula is C13H8N2O3S3. The highest BCUT2D eigenvalue weighted by molar-refractivity contribution is 7.20. The van der Waals surface area contributed by atoms with Crippen LogP contribution in [0, 0.1) is 0 Å². The fourth-order valence-electron chi connectivity index (χ4n) is 1.59. The normalized spacial score (nSPS) is 10.5. The number of aromatic nitrogens is 1. The second-order valence-electron chi connectivity index (χ2n) is 3.94. The van der Waals surface area contributed by atoms with E-state index in [4.69, 9.17) is 5.11 Å². The summed E-state index contributed by atoms with van der Waals surface area (Å²) in [6, 6.07) is 6.91. The number of carbonyl (C=O) groups excluding carboxylic acids is 1. The summed E-state index contributed by atoms with van der Waals surface area (Å²) >= 11 is 3.98. The Morgan fingerprint density at radius 1 is 1.19 bits per heavy atom. The van der Waals surface area contributed by atoms with Crippen LogP contribution >= 0.6 is 34.0 Å². The van der Waals surface area contributed by atoms with Gasteiger partial charge in [-0.25, -0.2) is 9.78 Å². The van der Waals surface area contributed by atoms with Crippen molar-refractivity contribution < 1.29 is 14.7 Å². The van der Waals surface area contributed by atoms with Gasteiger partial charge in [-0.2, -0.15) is 0 Å². The van der Waals surface area contributed by atoms with Crippen molar-refractivity contribution in [1.82, 2.24) is 4.98 Å². The van der Waals surface area contributed by atoms with Crippen molar-refractivity contribution in [3.8, 4) is 9.88 Å². The zero-order chi connectivity index (χ0) is 14.8. The number of hydrogen-bond acceptors (Lipinski definition) is 6. The van der Waals surface area contributed by atoms with E-state index in [1.807, 2.05) is 17.5 Å². The van der Waals surface area contributed by atoms with Crippen molar-refractivity contribution in [2.24, 2.45) is 0 Å². The second-order valence-corrected chi connectivity index (χ2v) is 6.83. The number of nitrogens with zero attached hydrogens (tertiary/aromatic N) is 1. The third-order valence-corrected chi connectivity index (χ3v) is 5.39. The van der Waals surface area contributed by atoms with Gasteiger partial charge < -0.3 is 10.4 Å². The lowest BCUT2D eigenvalue weighted by Crippen LogP contribution is -2.11. The van der Waals surface area contributed by atoms with Crippen LogP contribution in [0.25, 0.3) is 9.88 Å². The van der Waals surface area contributed by atoms with Crippen molar-refractivity contribution in [1.29, 1.82) is 0 Å². The van der Waals surface area contributed by atoms with Gasteiger partial charge in [-0.15, -0.1) is 34.0 Å². The van der Waals surface area contributed by atoms with Crippen molar-refractivity contribution in [2.45, 2.75) is 0 Å². The van der Waals surface area contributed by atoms with Crippen LogP contribution in [0.5, 0.6) is 0 Å². The summed E-state index contributed by atoms with van der Waals surface area (Å²) in [5.74, 6) is -1.35. The predicted octanol–water partition coefficient (Wildman–Crippen LogP) is 3.88. The number of carboxylic acid groups (broad SMARTS) is 1. The number of anilines is 1. The average Bonchev–Trinajstić information content (AvgIpc) is 3.19. The Bertz CT molecular complexity index is 789. The van der Waals surface area contributed by atoms with E-state index in [1.54, 1.807) is 22.8 Å². The van der Waals surface area contributed by atoms with Crippen molar-refractivity contribution >= 4 is 50.9 Å². The molecule has 0 aliphatic rings. The fraction of sp³-hybridized carbons (Fsp3) is 0. The molecule has 1 amide bonds. The Morgan fingerprint density at radius 2 is 2.05 bits per heavy atom. The summed E-state index contributed by atoms with van der Waals surface area (Å²) in [6.07, 6.45) is 0. The molecule has 0 spiro atoms. The molecule has 2 N–H and O–H groups in total. The highest BCUT2D eigenvalue weighted by atomic mass is 32.1. The first-order valence-electron chi connectivity index (χ1n) is 5.77. The van der Waals surface area contributed by atoms with Crippen LogP contribution in [0.4, 0.5) is 5.00 Å². The van der Waals surface area contributed by atoms with Crippen LogP contribution in [-0.2, 0) is 0 Å². The Hall–Kier alpha value is -2.03. The molecule has 0 unspecified atom stereocenters. The molecule has 8 heteroatoms. The number of thiazole rings is 1. The molecule has 0 saturated heterocycles. The minimum Gasteiger partial charge on any atom is -0.477 e. The number of thiophene rings is 2. The SMILES string of the molecule is O=C(Nc1ccc(C(=O)O)s1)c1csc(-c2cccs2)n1. The summed E-state index contributed by atoms with van der Waals surface area (Å²) in [7, 11) is 0. The van der Waals surface area contributed by atoms with E-state index >= 15 is 0 Å². The fourth-order valence-corrected chi connectivity index (χ4v) is 3.94. The smallest absolute Gasteiger partial charge is 0.345 e. The average molecular weight is 336 g/mol. The minimum atomic E-state index is -1.01. The molecule has 0 aliphatic heterocycles. The van der Waals surface area contributed by atoms with Crippen molar-refractivity contribution in [3.05, 3.63) is 45.6 Å². The van der Waals surface area contributed by atoms with E-state index in [1.165, 1.54) is 17.4 Å². The van der Waals surface area contributed by atoms with E-state index in [9.17, 15) is 9.59 Å². The van der Waals surface area contributed by atoms with Crippen LogP contribution in [0.15, 0.2) is 35.0 Å². The highest BCUT2D eigenvalue weighted by Gasteiger charge is 2.14. The van der Waals surface area contributed by atoms with Crippen LogP contribution in [-0.4, -0.2) is 22.0 Å².